The molecule has 0 aromatic rings. The second kappa shape index (κ2) is 7.12. The first-order chi connectivity index (χ1) is 6.67. The van der Waals surface area contributed by atoms with Crippen LogP contribution >= 0.6 is 0 Å². The molecule has 4 nitrogen and oxygen atoms in total. The molecule has 80 valence electrons. The molecule has 0 spiro atoms. The number of carbonyl (C=O) groups excluding carboxylic acids is 2. The van der Waals surface area contributed by atoms with Gasteiger partial charge in [0, 0.05) is 13.1 Å². The van der Waals surface area contributed by atoms with Gasteiger partial charge in [-0.15, -0.1) is 6.58 Å². The summed E-state index contributed by atoms with van der Waals surface area (Å²) in [7, 11) is 0. The maximum absolute atomic E-state index is 11.4. The van der Waals surface area contributed by atoms with E-state index in [2.05, 4.69) is 11.3 Å². The standard InChI is InChI=1S/C10H17NO3/c1-4-7-11(8-5-2)9(12)10(13)14-6-3/h4H,1,5-8H2,2-3H3. The van der Waals surface area contributed by atoms with Crippen LogP contribution in [0.3, 0.4) is 0 Å². The van der Waals surface area contributed by atoms with Crippen LogP contribution in [-0.4, -0.2) is 36.5 Å². The minimum atomic E-state index is -0.789. The lowest BCUT2D eigenvalue weighted by Crippen LogP contribution is -2.38. The summed E-state index contributed by atoms with van der Waals surface area (Å²) >= 11 is 0. The topological polar surface area (TPSA) is 46.6 Å². The zero-order valence-electron chi connectivity index (χ0n) is 8.78. The van der Waals surface area contributed by atoms with Crippen LogP contribution in [0.25, 0.3) is 0 Å². The number of rotatable bonds is 5. The van der Waals surface area contributed by atoms with Crippen molar-refractivity contribution < 1.29 is 14.3 Å². The Bertz CT molecular complexity index is 213. The average Bonchev–Trinajstić information content (AvgIpc) is 2.17. The summed E-state index contributed by atoms with van der Waals surface area (Å²) in [4.78, 5) is 23.9. The summed E-state index contributed by atoms with van der Waals surface area (Å²) in [6.07, 6.45) is 2.39. The Kier molecular flexibility index (Phi) is 6.45. The molecule has 0 bridgehead atoms. The van der Waals surface area contributed by atoms with Gasteiger partial charge in [-0.3, -0.25) is 4.79 Å². The van der Waals surface area contributed by atoms with E-state index in [4.69, 9.17) is 0 Å². The molecule has 0 rings (SSSR count). The monoisotopic (exact) mass is 199 g/mol. The average molecular weight is 199 g/mol. The molecule has 0 fully saturated rings. The molecule has 14 heavy (non-hydrogen) atoms. The minimum absolute atomic E-state index is 0.221. The summed E-state index contributed by atoms with van der Waals surface area (Å²) in [6, 6.07) is 0. The Morgan fingerprint density at radius 2 is 2.07 bits per heavy atom. The first-order valence-electron chi connectivity index (χ1n) is 4.74. The molecule has 0 N–H and O–H groups in total. The first-order valence-corrected chi connectivity index (χ1v) is 4.74. The van der Waals surface area contributed by atoms with Gasteiger partial charge in [-0.05, 0) is 13.3 Å². The number of ether oxygens (including phenoxy) is 1. The van der Waals surface area contributed by atoms with E-state index in [-0.39, 0.29) is 6.61 Å². The second-order valence-corrected chi connectivity index (χ2v) is 2.76. The van der Waals surface area contributed by atoms with E-state index < -0.39 is 11.9 Å². The number of hydrogen-bond donors (Lipinski definition) is 0. The van der Waals surface area contributed by atoms with Crippen molar-refractivity contribution in [3.8, 4) is 0 Å². The van der Waals surface area contributed by atoms with E-state index >= 15 is 0 Å². The lowest BCUT2D eigenvalue weighted by atomic mass is 10.3. The number of esters is 1. The van der Waals surface area contributed by atoms with E-state index in [9.17, 15) is 9.59 Å². The molecule has 0 aliphatic carbocycles. The number of amides is 1. The predicted molar refractivity (Wildman–Crippen MR) is 53.7 cm³/mol. The lowest BCUT2D eigenvalue weighted by Gasteiger charge is -2.18. The summed E-state index contributed by atoms with van der Waals surface area (Å²) in [5.41, 5.74) is 0. The molecule has 0 saturated heterocycles. The van der Waals surface area contributed by atoms with Crippen LogP contribution in [0.2, 0.25) is 0 Å². The highest BCUT2D eigenvalue weighted by Gasteiger charge is 2.20. The third kappa shape index (κ3) is 4.07. The van der Waals surface area contributed by atoms with Crippen molar-refractivity contribution in [2.45, 2.75) is 20.3 Å². The molecule has 0 aromatic heterocycles. The van der Waals surface area contributed by atoms with Gasteiger partial charge in [0.1, 0.15) is 0 Å². The fourth-order valence-electron chi connectivity index (χ4n) is 1.02. The van der Waals surface area contributed by atoms with Crippen molar-refractivity contribution in [1.82, 2.24) is 4.90 Å². The lowest BCUT2D eigenvalue weighted by molar-refractivity contribution is -0.159. The Morgan fingerprint density at radius 3 is 2.50 bits per heavy atom. The highest BCUT2D eigenvalue weighted by atomic mass is 16.5. The van der Waals surface area contributed by atoms with Crippen LogP contribution in [0.1, 0.15) is 20.3 Å². The van der Waals surface area contributed by atoms with Gasteiger partial charge in [-0.25, -0.2) is 4.79 Å². The molecule has 0 aliphatic heterocycles. The van der Waals surface area contributed by atoms with E-state index in [1.165, 1.54) is 4.90 Å². The van der Waals surface area contributed by atoms with Crippen LogP contribution in [0.5, 0.6) is 0 Å². The molecule has 1 amide bonds. The Labute approximate surface area is 84.5 Å². The van der Waals surface area contributed by atoms with Crippen molar-refractivity contribution in [2.75, 3.05) is 19.7 Å². The minimum Gasteiger partial charge on any atom is -0.459 e. The SMILES string of the molecule is C=CCN(CCC)C(=O)C(=O)OCC. The van der Waals surface area contributed by atoms with Gasteiger partial charge < -0.3 is 9.64 Å². The number of carbonyl (C=O) groups is 2. The van der Waals surface area contributed by atoms with Crippen LogP contribution < -0.4 is 0 Å². The molecule has 0 aliphatic rings. The Hall–Kier alpha value is -1.32. The normalized spacial score (nSPS) is 9.29. The molecule has 0 unspecified atom stereocenters. The van der Waals surface area contributed by atoms with Gasteiger partial charge in [-0.1, -0.05) is 13.0 Å². The fraction of sp³-hybridized carbons (Fsp3) is 0.600. The molecular weight excluding hydrogens is 182 g/mol. The predicted octanol–water partition coefficient (Wildman–Crippen LogP) is 0.974. The number of hydrogen-bond acceptors (Lipinski definition) is 3. The van der Waals surface area contributed by atoms with E-state index in [0.717, 1.165) is 6.42 Å². The van der Waals surface area contributed by atoms with Crippen LogP contribution in [0.15, 0.2) is 12.7 Å². The summed E-state index contributed by atoms with van der Waals surface area (Å²) in [6.45, 7) is 8.28. The smallest absolute Gasteiger partial charge is 0.397 e. The maximum atomic E-state index is 11.4. The molecule has 4 heteroatoms. The summed E-state index contributed by atoms with van der Waals surface area (Å²) < 4.78 is 4.61. The Morgan fingerprint density at radius 1 is 1.43 bits per heavy atom. The molecular formula is C10H17NO3. The maximum Gasteiger partial charge on any atom is 0.397 e. The van der Waals surface area contributed by atoms with Gasteiger partial charge in [0.15, 0.2) is 0 Å². The largest absolute Gasteiger partial charge is 0.459 e. The first kappa shape index (κ1) is 12.7. The van der Waals surface area contributed by atoms with Crippen molar-refractivity contribution in [3.05, 3.63) is 12.7 Å². The molecule has 0 atom stereocenters. The highest BCUT2D eigenvalue weighted by molar-refractivity contribution is 6.32. The zero-order valence-corrected chi connectivity index (χ0v) is 8.78. The third-order valence-electron chi connectivity index (χ3n) is 1.58. The van der Waals surface area contributed by atoms with E-state index in [0.29, 0.717) is 13.1 Å². The van der Waals surface area contributed by atoms with Crippen LogP contribution in [0.4, 0.5) is 0 Å². The summed E-state index contributed by atoms with van der Waals surface area (Å²) in [5, 5.41) is 0. The highest BCUT2D eigenvalue weighted by Crippen LogP contribution is 1.95. The van der Waals surface area contributed by atoms with E-state index in [1.54, 1.807) is 13.0 Å². The molecule has 0 saturated carbocycles. The van der Waals surface area contributed by atoms with Crippen molar-refractivity contribution in [1.29, 1.82) is 0 Å². The van der Waals surface area contributed by atoms with Crippen LogP contribution in [-0.2, 0) is 14.3 Å². The third-order valence-corrected chi connectivity index (χ3v) is 1.58. The van der Waals surface area contributed by atoms with Gasteiger partial charge >= 0.3 is 11.9 Å². The van der Waals surface area contributed by atoms with Gasteiger partial charge in [0.05, 0.1) is 6.61 Å². The zero-order chi connectivity index (χ0) is 11.0. The van der Waals surface area contributed by atoms with Gasteiger partial charge in [0.2, 0.25) is 0 Å². The van der Waals surface area contributed by atoms with E-state index in [1.807, 2.05) is 6.92 Å². The van der Waals surface area contributed by atoms with Crippen molar-refractivity contribution in [2.24, 2.45) is 0 Å². The molecule has 0 heterocycles. The van der Waals surface area contributed by atoms with Crippen molar-refractivity contribution in [3.63, 3.8) is 0 Å². The van der Waals surface area contributed by atoms with Gasteiger partial charge in [-0.2, -0.15) is 0 Å². The molecule has 0 radical (unpaired) electrons. The van der Waals surface area contributed by atoms with Gasteiger partial charge in [0.25, 0.3) is 0 Å². The fourth-order valence-corrected chi connectivity index (χ4v) is 1.02. The number of nitrogens with zero attached hydrogens (tertiary/aromatic N) is 1. The summed E-state index contributed by atoms with van der Waals surface area (Å²) in [5.74, 6) is -1.38. The second-order valence-electron chi connectivity index (χ2n) is 2.76. The molecule has 0 aromatic carbocycles. The quantitative estimate of drug-likeness (QED) is 0.376. The van der Waals surface area contributed by atoms with Crippen LogP contribution in [0, 0.1) is 0 Å². The van der Waals surface area contributed by atoms with Crippen molar-refractivity contribution >= 4 is 11.9 Å². The Balaban J connectivity index is 4.26.